The second kappa shape index (κ2) is 7.92. The molecular weight excluding hydrogens is 398 g/mol. The van der Waals surface area contributed by atoms with Crippen LogP contribution in [0.3, 0.4) is 0 Å². The lowest BCUT2D eigenvalue weighted by molar-refractivity contribution is -0.718. The molecule has 0 saturated heterocycles. The van der Waals surface area contributed by atoms with E-state index in [1.807, 2.05) is 6.92 Å². The van der Waals surface area contributed by atoms with E-state index >= 15 is 0 Å². The molecule has 1 aromatic carbocycles. The van der Waals surface area contributed by atoms with Crippen LogP contribution in [0, 0.1) is 23.2 Å². The summed E-state index contributed by atoms with van der Waals surface area (Å²) in [5, 5.41) is 5.16. The van der Waals surface area contributed by atoms with E-state index in [4.69, 9.17) is 0 Å². The third-order valence-corrected chi connectivity index (χ3v) is 9.73. The molecule has 0 spiro atoms. The van der Waals surface area contributed by atoms with Gasteiger partial charge in [-0.15, -0.1) is 0 Å². The predicted octanol–water partition coefficient (Wildman–Crippen LogP) is 2.43. The fraction of sp³-hybridized carbons (Fsp3) is 0.696. The number of anilines is 1. The molecule has 4 fully saturated rings. The highest BCUT2D eigenvalue weighted by Gasteiger charge is 2.54. The highest BCUT2D eigenvalue weighted by atomic mass is 32.2. The molecule has 4 saturated carbocycles. The van der Waals surface area contributed by atoms with Gasteiger partial charge in [0.15, 0.2) is 6.04 Å². The molecule has 166 valence electrons. The number of carbonyl (C=O) groups is 1. The summed E-state index contributed by atoms with van der Waals surface area (Å²) in [6, 6.07) is 6.69. The largest absolute Gasteiger partial charge is 0.334 e. The van der Waals surface area contributed by atoms with Crippen LogP contribution in [-0.4, -0.2) is 44.8 Å². The molecule has 4 aliphatic carbocycles. The van der Waals surface area contributed by atoms with Crippen LogP contribution in [-0.2, 0) is 14.8 Å². The fourth-order valence-corrected chi connectivity index (χ4v) is 7.61. The molecule has 0 aromatic heterocycles. The summed E-state index contributed by atoms with van der Waals surface area (Å²) in [6.07, 6.45) is 8.26. The van der Waals surface area contributed by atoms with Crippen molar-refractivity contribution in [3.05, 3.63) is 24.3 Å². The molecule has 4 bridgehead atoms. The predicted molar refractivity (Wildman–Crippen MR) is 117 cm³/mol. The first-order valence-corrected chi connectivity index (χ1v) is 12.7. The maximum atomic E-state index is 12.9. The van der Waals surface area contributed by atoms with Crippen molar-refractivity contribution < 1.29 is 18.5 Å². The molecule has 0 heterocycles. The standard InChI is InChI=1S/C23H35N3O3S/c1-15(22(27)25-20-6-5-7-21(11-20)30(28,29)26(3)4)24-16(2)23-12-17-8-18(13-23)10-19(9-17)14-23/h5-7,11,15-19,24H,8-10,12-14H2,1-4H3,(H,25,27)/p+1/t15-,16+,17?,18?,19?,23?/m1/s1. The van der Waals surface area contributed by atoms with Crippen LogP contribution >= 0.6 is 0 Å². The maximum Gasteiger partial charge on any atom is 0.282 e. The minimum atomic E-state index is -3.53. The number of nitrogens with two attached hydrogens (primary N) is 1. The highest BCUT2D eigenvalue weighted by molar-refractivity contribution is 7.89. The van der Waals surface area contributed by atoms with Crippen molar-refractivity contribution >= 4 is 21.6 Å². The third kappa shape index (κ3) is 4.04. The van der Waals surface area contributed by atoms with E-state index < -0.39 is 10.0 Å². The number of benzene rings is 1. The lowest BCUT2D eigenvalue weighted by atomic mass is 9.48. The van der Waals surface area contributed by atoms with Crippen LogP contribution in [0.4, 0.5) is 5.69 Å². The van der Waals surface area contributed by atoms with Crippen molar-refractivity contribution in [1.82, 2.24) is 4.31 Å². The van der Waals surface area contributed by atoms with E-state index in [0.29, 0.717) is 17.1 Å². The van der Waals surface area contributed by atoms with Crippen LogP contribution < -0.4 is 10.6 Å². The Hall–Kier alpha value is -1.44. The monoisotopic (exact) mass is 434 g/mol. The quantitative estimate of drug-likeness (QED) is 0.691. The number of hydrogen-bond acceptors (Lipinski definition) is 3. The van der Waals surface area contributed by atoms with Gasteiger partial charge in [-0.25, -0.2) is 12.7 Å². The van der Waals surface area contributed by atoms with Crippen LogP contribution in [0.5, 0.6) is 0 Å². The smallest absolute Gasteiger partial charge is 0.282 e. The van der Waals surface area contributed by atoms with Gasteiger partial charge in [0.05, 0.1) is 10.9 Å². The number of hydrogen-bond donors (Lipinski definition) is 2. The summed E-state index contributed by atoms with van der Waals surface area (Å²) >= 11 is 0. The topological polar surface area (TPSA) is 83.1 Å². The van der Waals surface area contributed by atoms with E-state index in [9.17, 15) is 13.2 Å². The Morgan fingerprint density at radius 3 is 2.20 bits per heavy atom. The van der Waals surface area contributed by atoms with Crippen molar-refractivity contribution in [3.8, 4) is 0 Å². The zero-order valence-electron chi connectivity index (χ0n) is 18.6. The second-order valence-electron chi connectivity index (χ2n) is 10.4. The van der Waals surface area contributed by atoms with Crippen LogP contribution in [0.25, 0.3) is 0 Å². The van der Waals surface area contributed by atoms with E-state index in [1.54, 1.807) is 18.2 Å². The van der Waals surface area contributed by atoms with E-state index in [1.165, 1.54) is 63.0 Å². The molecule has 1 amide bonds. The summed E-state index contributed by atoms with van der Waals surface area (Å²) in [5.41, 5.74) is 0.911. The van der Waals surface area contributed by atoms with Gasteiger partial charge < -0.3 is 10.6 Å². The van der Waals surface area contributed by atoms with Gasteiger partial charge in [0.1, 0.15) is 0 Å². The molecule has 0 aliphatic heterocycles. The average molecular weight is 435 g/mol. The Bertz CT molecular complexity index is 877. The minimum absolute atomic E-state index is 0.0778. The lowest BCUT2D eigenvalue weighted by Gasteiger charge is -2.58. The first kappa shape index (κ1) is 21.8. The van der Waals surface area contributed by atoms with Crippen molar-refractivity contribution in [2.75, 3.05) is 19.4 Å². The van der Waals surface area contributed by atoms with E-state index in [0.717, 1.165) is 17.8 Å². The summed E-state index contributed by atoms with van der Waals surface area (Å²) in [4.78, 5) is 13.1. The van der Waals surface area contributed by atoms with E-state index in [-0.39, 0.29) is 16.8 Å². The van der Waals surface area contributed by atoms with Crippen molar-refractivity contribution in [2.24, 2.45) is 23.2 Å². The van der Waals surface area contributed by atoms with Crippen LogP contribution in [0.1, 0.15) is 52.4 Å². The third-order valence-electron chi connectivity index (χ3n) is 7.92. The summed E-state index contributed by atoms with van der Waals surface area (Å²) < 4.78 is 25.9. The summed E-state index contributed by atoms with van der Waals surface area (Å²) in [6.45, 7) is 4.26. The SMILES string of the molecule is C[C@H]([NH2+][C@H](C)C(=O)Nc1cccc(S(=O)(=O)N(C)C)c1)C12CC3CC(CC(C3)C1)C2. The molecular formula is C23H36N3O3S+. The number of quaternary nitrogens is 1. The van der Waals surface area contributed by atoms with Gasteiger partial charge >= 0.3 is 0 Å². The molecule has 30 heavy (non-hydrogen) atoms. The Labute approximate surface area is 180 Å². The highest BCUT2D eigenvalue weighted by Crippen LogP contribution is 2.60. The minimum Gasteiger partial charge on any atom is -0.334 e. The lowest BCUT2D eigenvalue weighted by Crippen LogP contribution is -2.98. The number of amides is 1. The number of nitrogens with zero attached hydrogens (tertiary/aromatic N) is 1. The number of carbonyl (C=O) groups excluding carboxylic acids is 1. The molecule has 0 unspecified atom stereocenters. The molecule has 1 aromatic rings. The first-order valence-electron chi connectivity index (χ1n) is 11.3. The normalized spacial score (nSPS) is 32.2. The van der Waals surface area contributed by atoms with Crippen molar-refractivity contribution in [3.63, 3.8) is 0 Å². The van der Waals surface area contributed by atoms with Crippen molar-refractivity contribution in [2.45, 2.75) is 69.4 Å². The first-order chi connectivity index (χ1) is 14.1. The van der Waals surface area contributed by atoms with E-state index in [2.05, 4.69) is 17.6 Å². The number of nitrogens with one attached hydrogen (secondary N) is 1. The Morgan fingerprint density at radius 2 is 1.67 bits per heavy atom. The fourth-order valence-electron chi connectivity index (χ4n) is 6.66. The zero-order valence-corrected chi connectivity index (χ0v) is 19.4. The van der Waals surface area contributed by atoms with Crippen LogP contribution in [0.2, 0.25) is 0 Å². The molecule has 2 atom stereocenters. The Morgan fingerprint density at radius 1 is 1.10 bits per heavy atom. The van der Waals surface area contributed by atoms with Gasteiger partial charge in [-0.3, -0.25) is 4.79 Å². The molecule has 5 rings (SSSR count). The van der Waals surface area contributed by atoms with Gasteiger partial charge in [-0.05, 0) is 88.3 Å². The summed E-state index contributed by atoms with van der Waals surface area (Å²) in [7, 11) is -0.519. The Kier molecular flexibility index (Phi) is 5.75. The molecule has 3 N–H and O–H groups in total. The molecule has 7 heteroatoms. The molecule has 4 aliphatic rings. The number of rotatable bonds is 7. The van der Waals surface area contributed by atoms with Crippen LogP contribution in [0.15, 0.2) is 29.2 Å². The summed E-state index contributed by atoms with van der Waals surface area (Å²) in [5.74, 6) is 2.62. The van der Waals surface area contributed by atoms with Gasteiger partial charge in [0, 0.05) is 25.2 Å². The second-order valence-corrected chi connectivity index (χ2v) is 12.5. The van der Waals surface area contributed by atoms with Crippen molar-refractivity contribution in [1.29, 1.82) is 0 Å². The molecule has 0 radical (unpaired) electrons. The van der Waals surface area contributed by atoms with Gasteiger partial charge in [-0.2, -0.15) is 0 Å². The average Bonchev–Trinajstić information content (AvgIpc) is 2.66. The number of sulfonamides is 1. The maximum absolute atomic E-state index is 12.9. The van der Waals surface area contributed by atoms with Gasteiger partial charge in [-0.1, -0.05) is 6.07 Å². The molecule has 6 nitrogen and oxygen atoms in total. The van der Waals surface area contributed by atoms with Gasteiger partial charge in [0.2, 0.25) is 10.0 Å². The Balaban J connectivity index is 1.40. The zero-order chi connectivity index (χ0) is 21.7. The van der Waals surface area contributed by atoms with Gasteiger partial charge in [0.25, 0.3) is 5.91 Å².